The van der Waals surface area contributed by atoms with Crippen molar-refractivity contribution in [3.05, 3.63) is 65.1 Å². The molecule has 5 nitrogen and oxygen atoms in total. The largest absolute Gasteiger partial charge is 0.311 e. The van der Waals surface area contributed by atoms with Crippen molar-refractivity contribution in [1.82, 2.24) is 5.01 Å². The number of thiocarbonyl (C=S) groups is 1. The summed E-state index contributed by atoms with van der Waals surface area (Å²) in [5.41, 5.74) is 5.72. The average molecular weight is 367 g/mol. The minimum atomic E-state index is -0.313. The molecule has 2 heterocycles. The lowest BCUT2D eigenvalue weighted by molar-refractivity contribution is -0.121. The van der Waals surface area contributed by atoms with Crippen LogP contribution in [0.5, 0.6) is 0 Å². The molecule has 2 aromatic rings. The minimum absolute atomic E-state index is 0.193. The van der Waals surface area contributed by atoms with Crippen LogP contribution in [0.1, 0.15) is 5.56 Å². The van der Waals surface area contributed by atoms with Crippen molar-refractivity contribution in [3.8, 4) is 0 Å². The van der Waals surface area contributed by atoms with Crippen molar-refractivity contribution >= 4 is 57.1 Å². The zero-order valence-corrected chi connectivity index (χ0v) is 14.9. The summed E-state index contributed by atoms with van der Waals surface area (Å²) >= 11 is 6.49. The third-order valence-corrected chi connectivity index (χ3v) is 5.44. The van der Waals surface area contributed by atoms with Crippen LogP contribution in [-0.4, -0.2) is 28.2 Å². The molecule has 0 radical (unpaired) electrons. The van der Waals surface area contributed by atoms with Gasteiger partial charge in [0.2, 0.25) is 0 Å². The van der Waals surface area contributed by atoms with Crippen LogP contribution in [0.2, 0.25) is 0 Å². The summed E-state index contributed by atoms with van der Waals surface area (Å²) < 4.78 is 0.371. The number of rotatable bonds is 2. The molecular weight excluding hydrogens is 354 g/mol. The lowest BCUT2D eigenvalue weighted by Gasteiger charge is -2.16. The van der Waals surface area contributed by atoms with Crippen LogP contribution in [0.4, 0.5) is 11.4 Å². The van der Waals surface area contributed by atoms with E-state index < -0.39 is 0 Å². The molecule has 7 heteroatoms. The van der Waals surface area contributed by atoms with E-state index in [0.29, 0.717) is 14.8 Å². The first-order valence-electron chi connectivity index (χ1n) is 7.57. The number of hydrazine groups is 1. The standard InChI is InChI=1S/C18H13N3O2S2/c1-20-13-10-6-5-9-12(13)14(16(20)22)15-17(23)21(18(24)25-15)19-11-7-3-2-4-8-11/h2-10,19H,1H3/b15-14-. The van der Waals surface area contributed by atoms with E-state index in [4.69, 9.17) is 12.2 Å². The Balaban J connectivity index is 1.75. The topological polar surface area (TPSA) is 52.7 Å². The van der Waals surface area contributed by atoms with E-state index in [1.54, 1.807) is 11.9 Å². The normalized spacial score (nSPS) is 19.6. The van der Waals surface area contributed by atoms with Gasteiger partial charge in [-0.25, -0.2) is 5.01 Å². The number of carbonyl (C=O) groups is 2. The highest BCUT2D eigenvalue weighted by Crippen LogP contribution is 2.43. The summed E-state index contributed by atoms with van der Waals surface area (Å²) in [7, 11) is 1.71. The Morgan fingerprint density at radius 1 is 0.960 bits per heavy atom. The molecule has 0 aromatic heterocycles. The minimum Gasteiger partial charge on any atom is -0.311 e. The second-order valence-electron chi connectivity index (χ2n) is 5.57. The van der Waals surface area contributed by atoms with Gasteiger partial charge < -0.3 is 4.90 Å². The van der Waals surface area contributed by atoms with E-state index >= 15 is 0 Å². The molecule has 124 valence electrons. The molecule has 0 atom stereocenters. The Labute approximate surface area is 154 Å². The van der Waals surface area contributed by atoms with Crippen LogP contribution in [0.25, 0.3) is 5.57 Å². The predicted molar refractivity (Wildman–Crippen MR) is 104 cm³/mol. The zero-order valence-electron chi connectivity index (χ0n) is 13.2. The third-order valence-electron chi connectivity index (χ3n) is 4.06. The van der Waals surface area contributed by atoms with Crippen molar-refractivity contribution < 1.29 is 9.59 Å². The number of hydrogen-bond donors (Lipinski definition) is 1. The Bertz CT molecular complexity index is 940. The summed E-state index contributed by atoms with van der Waals surface area (Å²) in [6, 6.07) is 16.7. The highest BCUT2D eigenvalue weighted by molar-refractivity contribution is 8.26. The quantitative estimate of drug-likeness (QED) is 0.652. The fourth-order valence-corrected chi connectivity index (χ4v) is 4.10. The molecule has 1 saturated heterocycles. The van der Waals surface area contributed by atoms with Crippen LogP contribution in [0, 0.1) is 0 Å². The maximum atomic E-state index is 12.9. The molecule has 0 spiro atoms. The fraction of sp³-hybridized carbons (Fsp3) is 0.0556. The van der Waals surface area contributed by atoms with Crippen LogP contribution in [0.15, 0.2) is 59.5 Å². The fourth-order valence-electron chi connectivity index (χ4n) is 2.85. The maximum Gasteiger partial charge on any atom is 0.285 e. The monoisotopic (exact) mass is 367 g/mol. The van der Waals surface area contributed by atoms with Crippen molar-refractivity contribution in [1.29, 1.82) is 0 Å². The molecule has 0 aliphatic carbocycles. The van der Waals surface area contributed by atoms with Gasteiger partial charge in [-0.15, -0.1) is 0 Å². The summed E-state index contributed by atoms with van der Waals surface area (Å²) in [4.78, 5) is 27.5. The molecular formula is C18H13N3O2S2. The van der Waals surface area contributed by atoms with Crippen LogP contribution < -0.4 is 10.3 Å². The second-order valence-corrected chi connectivity index (χ2v) is 7.22. The zero-order chi connectivity index (χ0) is 17.6. The van der Waals surface area contributed by atoms with Gasteiger partial charge in [0.1, 0.15) is 0 Å². The number of thioether (sulfide) groups is 1. The molecule has 25 heavy (non-hydrogen) atoms. The molecule has 2 aromatic carbocycles. The number of fused-ring (bicyclic) bond motifs is 1. The predicted octanol–water partition coefficient (Wildman–Crippen LogP) is 3.26. The van der Waals surface area contributed by atoms with Gasteiger partial charge in [-0.3, -0.25) is 15.0 Å². The molecule has 1 fully saturated rings. The number of amides is 2. The van der Waals surface area contributed by atoms with E-state index in [0.717, 1.165) is 28.7 Å². The van der Waals surface area contributed by atoms with Crippen molar-refractivity contribution in [2.45, 2.75) is 0 Å². The number of benzene rings is 2. The summed E-state index contributed by atoms with van der Waals surface area (Å²) in [6.07, 6.45) is 0. The second kappa shape index (κ2) is 6.02. The molecule has 2 amide bonds. The first kappa shape index (κ1) is 15.9. The van der Waals surface area contributed by atoms with E-state index in [1.807, 2.05) is 54.6 Å². The number of nitrogens with one attached hydrogen (secondary N) is 1. The number of likely N-dealkylation sites (N-methyl/N-ethyl adjacent to an activating group) is 1. The van der Waals surface area contributed by atoms with Gasteiger partial charge in [0, 0.05) is 12.6 Å². The lowest BCUT2D eigenvalue weighted by atomic mass is 10.1. The molecule has 2 aliphatic rings. The first-order chi connectivity index (χ1) is 12.1. The molecule has 0 saturated carbocycles. The Kier molecular flexibility index (Phi) is 3.82. The molecule has 4 rings (SSSR count). The summed E-state index contributed by atoms with van der Waals surface area (Å²) in [5, 5.41) is 1.31. The smallest absolute Gasteiger partial charge is 0.285 e. The van der Waals surface area contributed by atoms with Gasteiger partial charge in [0.05, 0.1) is 21.9 Å². The van der Waals surface area contributed by atoms with Gasteiger partial charge in [-0.2, -0.15) is 0 Å². The van der Waals surface area contributed by atoms with Gasteiger partial charge >= 0.3 is 0 Å². The highest BCUT2D eigenvalue weighted by atomic mass is 32.2. The summed E-state index contributed by atoms with van der Waals surface area (Å²) in [5.74, 6) is -0.506. The maximum absolute atomic E-state index is 12.9. The van der Waals surface area contributed by atoms with Gasteiger partial charge in [0.25, 0.3) is 11.8 Å². The highest BCUT2D eigenvalue weighted by Gasteiger charge is 2.41. The number of hydrogen-bond acceptors (Lipinski definition) is 5. The van der Waals surface area contributed by atoms with Crippen molar-refractivity contribution in [3.63, 3.8) is 0 Å². The van der Waals surface area contributed by atoms with E-state index in [-0.39, 0.29) is 11.8 Å². The summed E-state index contributed by atoms with van der Waals surface area (Å²) in [6.45, 7) is 0. The average Bonchev–Trinajstić information content (AvgIpc) is 3.04. The lowest BCUT2D eigenvalue weighted by Crippen LogP contribution is -2.34. The number of nitrogens with zero attached hydrogens (tertiary/aromatic N) is 2. The Morgan fingerprint density at radius 3 is 2.40 bits per heavy atom. The molecule has 0 bridgehead atoms. The van der Waals surface area contributed by atoms with Gasteiger partial charge in [-0.1, -0.05) is 48.2 Å². The molecule has 0 unspecified atom stereocenters. The van der Waals surface area contributed by atoms with E-state index in [2.05, 4.69) is 5.43 Å². The number of para-hydroxylation sites is 2. The number of anilines is 2. The van der Waals surface area contributed by atoms with E-state index in [9.17, 15) is 9.59 Å². The Hall–Kier alpha value is -2.64. The van der Waals surface area contributed by atoms with Gasteiger partial charge in [-0.05, 0) is 30.4 Å². The SMILES string of the molecule is CN1C(=O)/C(=C2\SC(=S)N(Nc3ccccc3)C2=O)c2ccccc21. The van der Waals surface area contributed by atoms with Crippen LogP contribution in [-0.2, 0) is 9.59 Å². The van der Waals surface area contributed by atoms with Crippen LogP contribution in [0.3, 0.4) is 0 Å². The first-order valence-corrected chi connectivity index (χ1v) is 8.80. The number of carbonyl (C=O) groups excluding carboxylic acids is 2. The van der Waals surface area contributed by atoms with Gasteiger partial charge in [0.15, 0.2) is 4.32 Å². The molecule has 1 N–H and O–H groups in total. The Morgan fingerprint density at radius 2 is 1.64 bits per heavy atom. The van der Waals surface area contributed by atoms with Crippen molar-refractivity contribution in [2.75, 3.05) is 17.4 Å². The third kappa shape index (κ3) is 2.52. The van der Waals surface area contributed by atoms with Crippen molar-refractivity contribution in [2.24, 2.45) is 0 Å². The molecule has 2 aliphatic heterocycles. The van der Waals surface area contributed by atoms with E-state index in [1.165, 1.54) is 5.01 Å². The van der Waals surface area contributed by atoms with Crippen LogP contribution >= 0.6 is 24.0 Å².